The summed E-state index contributed by atoms with van der Waals surface area (Å²) in [5.74, 6) is -0.746. The van der Waals surface area contributed by atoms with Crippen LogP contribution in [0, 0.1) is 5.92 Å². The summed E-state index contributed by atoms with van der Waals surface area (Å²) in [7, 11) is 0. The fraction of sp³-hybridized carbons (Fsp3) is 0.630. The number of unbranched alkanes of at least 4 members (excludes halogenated alkanes) is 3. The first-order chi connectivity index (χ1) is 16.7. The largest absolute Gasteiger partial charge is 0.391 e. The Labute approximate surface area is 201 Å². The van der Waals surface area contributed by atoms with Gasteiger partial charge in [0.05, 0.1) is 0 Å². The van der Waals surface area contributed by atoms with E-state index in [9.17, 15) is 9.32 Å². The van der Waals surface area contributed by atoms with Crippen molar-refractivity contribution < 1.29 is 18.7 Å². The fourth-order valence-electron chi connectivity index (χ4n) is 5.27. The van der Waals surface area contributed by atoms with Gasteiger partial charge in [0.2, 0.25) is 0 Å². The van der Waals surface area contributed by atoms with Gasteiger partial charge in [0, 0.05) is 46.9 Å². The van der Waals surface area contributed by atoms with Crippen LogP contribution in [0.3, 0.4) is 0 Å². The number of alkyl halides is 1. The zero-order valence-electron chi connectivity index (χ0n) is 19.9. The average Bonchev–Trinajstić information content (AvgIpc) is 3.61. The van der Waals surface area contributed by atoms with Crippen molar-refractivity contribution in [2.24, 2.45) is 5.92 Å². The Hall–Kier alpha value is -2.28. The highest BCUT2D eigenvalue weighted by atomic mass is 19.3. The Morgan fingerprint density at radius 3 is 2.94 bits per heavy atom. The second kappa shape index (κ2) is 12.4. The number of likely N-dealkylation sites (tertiary alicyclic amines) is 1. The monoisotopic (exact) mass is 473 g/mol. The van der Waals surface area contributed by atoms with E-state index in [-0.39, 0.29) is 5.92 Å². The van der Waals surface area contributed by atoms with Crippen molar-refractivity contribution in [2.45, 2.75) is 82.3 Å². The highest BCUT2D eigenvalue weighted by Crippen LogP contribution is 2.43. The summed E-state index contributed by atoms with van der Waals surface area (Å²) in [5, 5.41) is 3.27. The molecule has 3 atom stereocenters. The number of aromatic nitrogens is 1. The third-order valence-corrected chi connectivity index (χ3v) is 7.32. The van der Waals surface area contributed by atoms with Crippen LogP contribution in [0.1, 0.15) is 87.4 Å². The number of rotatable bonds is 12. The Bertz CT molecular complexity index is 871. The van der Waals surface area contributed by atoms with Gasteiger partial charge in [-0.3, -0.25) is 14.8 Å². The highest BCUT2D eigenvalue weighted by Gasteiger charge is 2.41. The van der Waals surface area contributed by atoms with E-state index in [0.29, 0.717) is 37.4 Å². The molecular formula is C27H37F2N3O2. The number of hydrogen-bond donors (Lipinski definition) is 1. The van der Waals surface area contributed by atoms with E-state index in [2.05, 4.69) is 33.6 Å². The zero-order valence-corrected chi connectivity index (χ0v) is 19.9. The van der Waals surface area contributed by atoms with Crippen molar-refractivity contribution in [1.82, 2.24) is 15.2 Å². The number of carbonyl (C=O) groups excluding carboxylic acids is 1. The lowest BCUT2D eigenvalue weighted by Gasteiger charge is -2.26. The van der Waals surface area contributed by atoms with Gasteiger partial charge in [-0.2, -0.15) is 0 Å². The number of carbonyl (C=O) groups is 1. The zero-order chi connectivity index (χ0) is 23.8. The normalized spacial score (nSPS) is 22.9. The molecule has 3 unspecified atom stereocenters. The van der Waals surface area contributed by atoms with Crippen molar-refractivity contribution in [2.75, 3.05) is 19.6 Å². The van der Waals surface area contributed by atoms with E-state index >= 15 is 4.39 Å². The third kappa shape index (κ3) is 6.65. The first-order valence-corrected chi connectivity index (χ1v) is 12.9. The fourth-order valence-corrected chi connectivity index (χ4v) is 5.27. The van der Waals surface area contributed by atoms with Crippen LogP contribution >= 0.6 is 0 Å². The van der Waals surface area contributed by atoms with Crippen LogP contribution in [0.2, 0.25) is 0 Å². The standard InChI is InChI=1S/C27H37F2N3O2/c28-24(11-5-3-1-2-4-8-20-9-6-15-30-18-20)22-14-17-32(19-22)26(27(33)34-29)23-10-7-16-31-25(23)21-12-13-21/h4,7-8,10,16,18,21-22,24,26,30H,1-3,5-6,9,11-15,17,19H2/b8-4-. The van der Waals surface area contributed by atoms with E-state index in [4.69, 9.17) is 0 Å². The molecule has 1 N–H and O–H groups in total. The topological polar surface area (TPSA) is 54.5 Å². The Balaban J connectivity index is 1.23. The van der Waals surface area contributed by atoms with E-state index < -0.39 is 18.2 Å². The molecule has 1 aromatic heterocycles. The number of nitrogens with zero attached hydrogens (tertiary/aromatic N) is 2. The molecule has 3 aliphatic rings. The summed E-state index contributed by atoms with van der Waals surface area (Å²) in [6, 6.07) is 2.74. The number of pyridine rings is 1. The summed E-state index contributed by atoms with van der Waals surface area (Å²) in [6.07, 6.45) is 16.9. The molecule has 2 fully saturated rings. The minimum Gasteiger partial charge on any atom is -0.391 e. The van der Waals surface area contributed by atoms with E-state index in [1.165, 1.54) is 12.0 Å². The maximum absolute atomic E-state index is 15.0. The molecule has 3 heterocycles. The van der Waals surface area contributed by atoms with Crippen molar-refractivity contribution in [1.29, 1.82) is 0 Å². The molecule has 1 aromatic rings. The molecule has 5 nitrogen and oxygen atoms in total. The van der Waals surface area contributed by atoms with Gasteiger partial charge in [-0.05, 0) is 75.8 Å². The van der Waals surface area contributed by atoms with Crippen LogP contribution in [0.5, 0.6) is 0 Å². The molecule has 0 radical (unpaired) electrons. The van der Waals surface area contributed by atoms with Crippen molar-refractivity contribution in [3.05, 3.63) is 53.5 Å². The van der Waals surface area contributed by atoms with E-state index in [0.717, 1.165) is 57.2 Å². The number of nitrogens with one attached hydrogen (secondary N) is 1. The molecule has 0 bridgehead atoms. The molecule has 1 saturated heterocycles. The SMILES string of the molecule is O=C(OF)C(c1cccnc1C1CC1)N1CCC(C(F)CCCCC/C=C\C2=CNCCC2)C1. The lowest BCUT2D eigenvalue weighted by molar-refractivity contribution is -0.190. The van der Waals surface area contributed by atoms with Gasteiger partial charge < -0.3 is 5.32 Å². The van der Waals surface area contributed by atoms with Gasteiger partial charge in [-0.1, -0.05) is 31.1 Å². The number of hydrogen-bond acceptors (Lipinski definition) is 5. The summed E-state index contributed by atoms with van der Waals surface area (Å²) in [4.78, 5) is 22.4. The molecule has 2 aliphatic heterocycles. The van der Waals surface area contributed by atoms with Crippen molar-refractivity contribution >= 4 is 5.97 Å². The van der Waals surface area contributed by atoms with Crippen molar-refractivity contribution in [3.8, 4) is 0 Å². The first-order valence-electron chi connectivity index (χ1n) is 12.9. The predicted molar refractivity (Wildman–Crippen MR) is 128 cm³/mol. The minimum absolute atomic E-state index is 0.137. The first kappa shape index (κ1) is 24.8. The van der Waals surface area contributed by atoms with Gasteiger partial charge in [-0.25, -0.2) is 9.18 Å². The van der Waals surface area contributed by atoms with Gasteiger partial charge in [-0.15, -0.1) is 0 Å². The lowest BCUT2D eigenvalue weighted by Crippen LogP contribution is -2.34. The van der Waals surface area contributed by atoms with Crippen LogP contribution in [-0.2, 0) is 9.74 Å². The predicted octanol–water partition coefficient (Wildman–Crippen LogP) is 5.86. The van der Waals surface area contributed by atoms with E-state index in [1.807, 2.05) is 11.0 Å². The summed E-state index contributed by atoms with van der Waals surface area (Å²) >= 11 is 0. The van der Waals surface area contributed by atoms with Crippen molar-refractivity contribution in [3.63, 3.8) is 0 Å². The molecule has 4 rings (SSSR count). The molecule has 34 heavy (non-hydrogen) atoms. The van der Waals surface area contributed by atoms with Crippen LogP contribution in [-0.4, -0.2) is 41.7 Å². The second-order valence-corrected chi connectivity index (χ2v) is 9.93. The molecular weight excluding hydrogens is 436 g/mol. The van der Waals surface area contributed by atoms with Crippen LogP contribution in [0.4, 0.5) is 8.92 Å². The molecule has 186 valence electrons. The van der Waals surface area contributed by atoms with Crippen LogP contribution in [0.15, 0.2) is 42.3 Å². The Morgan fingerprint density at radius 1 is 1.29 bits per heavy atom. The van der Waals surface area contributed by atoms with Gasteiger partial charge in [0.15, 0.2) is 0 Å². The maximum Gasteiger partial charge on any atom is 0.370 e. The molecule has 1 aliphatic carbocycles. The minimum atomic E-state index is -0.932. The van der Waals surface area contributed by atoms with Gasteiger partial charge in [0.1, 0.15) is 12.2 Å². The van der Waals surface area contributed by atoms with E-state index in [1.54, 1.807) is 12.3 Å². The third-order valence-electron chi connectivity index (χ3n) is 7.32. The lowest BCUT2D eigenvalue weighted by atomic mass is 9.97. The van der Waals surface area contributed by atoms with Gasteiger partial charge >= 0.3 is 5.97 Å². The molecule has 7 heteroatoms. The average molecular weight is 474 g/mol. The Kier molecular flexibility index (Phi) is 9.08. The molecule has 1 saturated carbocycles. The summed E-state index contributed by atoms with van der Waals surface area (Å²) < 4.78 is 28.0. The molecule has 0 spiro atoms. The molecule has 0 aromatic carbocycles. The van der Waals surface area contributed by atoms with Gasteiger partial charge in [0.25, 0.3) is 0 Å². The van der Waals surface area contributed by atoms with Crippen LogP contribution < -0.4 is 5.32 Å². The highest BCUT2D eigenvalue weighted by molar-refractivity contribution is 5.77. The maximum atomic E-state index is 15.0. The number of halogens is 2. The smallest absolute Gasteiger partial charge is 0.370 e. The quantitative estimate of drug-likeness (QED) is 0.385. The summed E-state index contributed by atoms with van der Waals surface area (Å²) in [5.41, 5.74) is 2.91. The number of allylic oxidation sites excluding steroid dienone is 3. The van der Waals surface area contributed by atoms with Crippen LogP contribution in [0.25, 0.3) is 0 Å². The Morgan fingerprint density at radius 2 is 2.18 bits per heavy atom. The molecule has 0 amide bonds. The second-order valence-electron chi connectivity index (χ2n) is 9.93. The summed E-state index contributed by atoms with van der Waals surface area (Å²) in [6.45, 7) is 2.05.